The van der Waals surface area contributed by atoms with E-state index in [4.69, 9.17) is 0 Å². The SMILES string of the molecule is [CH3-].[CH3-].[W].[W].[W].[W].[W].[W].[W].[W].[W].[W].[W].[W].[W].[W].[W]. The van der Waals surface area contributed by atoms with Crippen molar-refractivity contribution in [2.45, 2.75) is 0 Å². The van der Waals surface area contributed by atoms with Crippen LogP contribution in [0.15, 0.2) is 0 Å². The van der Waals surface area contributed by atoms with Crippen LogP contribution in [0, 0.1) is 14.9 Å². The van der Waals surface area contributed by atoms with Gasteiger partial charge in [-0.1, -0.05) is 0 Å². The smallest absolute Gasteiger partial charge is 0 e. The molecule has 0 spiro atoms. The maximum atomic E-state index is 0. The summed E-state index contributed by atoms with van der Waals surface area (Å²) in [4.78, 5) is 0. The van der Waals surface area contributed by atoms with Crippen LogP contribution in [-0.4, -0.2) is 0 Å². The van der Waals surface area contributed by atoms with Crippen LogP contribution in [0.3, 0.4) is 0 Å². The summed E-state index contributed by atoms with van der Waals surface area (Å²) in [5.41, 5.74) is 0. The van der Waals surface area contributed by atoms with Crippen molar-refractivity contribution in [2.75, 3.05) is 0 Å². The van der Waals surface area contributed by atoms with Crippen LogP contribution in [0.25, 0.3) is 0 Å². The summed E-state index contributed by atoms with van der Waals surface area (Å²) in [5, 5.41) is 0. The molecule has 0 radical (unpaired) electrons. The molecule has 0 unspecified atom stereocenters. The van der Waals surface area contributed by atoms with E-state index >= 15 is 0 Å². The van der Waals surface area contributed by atoms with E-state index in [1.54, 1.807) is 0 Å². The zero-order valence-corrected chi connectivity index (χ0v) is 52.1. The van der Waals surface area contributed by atoms with E-state index in [9.17, 15) is 0 Å². The molecule has 0 heterocycles. The minimum absolute atomic E-state index is 0. The van der Waals surface area contributed by atoms with Crippen LogP contribution in [0.4, 0.5) is 0 Å². The Labute approximate surface area is 322 Å². The average molecular weight is 2790 g/mol. The molecule has 0 nitrogen and oxygen atoms in total. The minimum Gasteiger partial charge on any atom is -0.358 e. The van der Waals surface area contributed by atoms with Gasteiger partial charge >= 0.3 is 0 Å². The summed E-state index contributed by atoms with van der Waals surface area (Å²) in [6.45, 7) is 0. The van der Waals surface area contributed by atoms with Gasteiger partial charge in [-0.3, -0.25) is 0 Å². The van der Waals surface area contributed by atoms with E-state index in [-0.39, 0.29) is 331 Å². The van der Waals surface area contributed by atoms with Crippen LogP contribution in [0.1, 0.15) is 0 Å². The first-order valence-electron chi connectivity index (χ1n) is 0. The van der Waals surface area contributed by atoms with Gasteiger partial charge in [0.15, 0.2) is 0 Å². The number of hydrogen-bond donors (Lipinski definition) is 0. The molecule has 0 fully saturated rings. The summed E-state index contributed by atoms with van der Waals surface area (Å²) < 4.78 is 0. The quantitative estimate of drug-likeness (QED) is 0.317. The van der Waals surface area contributed by atoms with Crippen LogP contribution >= 0.6 is 0 Å². The van der Waals surface area contributed by atoms with Gasteiger partial charge in [-0.15, -0.1) is 0 Å². The molecular formula is C2H6W15-2. The predicted octanol–water partition coefficient (Wildman–Crippen LogP) is 0.863. The second-order valence-electron chi connectivity index (χ2n) is 0. The average Bonchev–Trinajstić information content (AvgIpc) is 0. The molecule has 15 heteroatoms. The van der Waals surface area contributed by atoms with Crippen molar-refractivity contribution in [3.63, 3.8) is 0 Å². The van der Waals surface area contributed by atoms with Crippen molar-refractivity contribution in [1.29, 1.82) is 0 Å². The zero-order valence-electron chi connectivity index (χ0n) is 8.12. The Kier molecular flexibility index (Phi) is 1650. The Hall–Kier alpha value is 10.3. The van der Waals surface area contributed by atoms with Gasteiger partial charge in [-0.05, 0) is 0 Å². The van der Waals surface area contributed by atoms with Crippen LogP contribution in [-0.2, 0) is 316 Å². The topological polar surface area (TPSA) is 0 Å². The van der Waals surface area contributed by atoms with Crippen molar-refractivity contribution in [1.82, 2.24) is 0 Å². The van der Waals surface area contributed by atoms with E-state index < -0.39 is 0 Å². The third-order valence-electron chi connectivity index (χ3n) is 0. The minimum atomic E-state index is 0. The van der Waals surface area contributed by atoms with Gasteiger partial charge in [-0.25, -0.2) is 0 Å². The van der Waals surface area contributed by atoms with Crippen molar-refractivity contribution in [3.05, 3.63) is 14.9 Å². The van der Waals surface area contributed by atoms with Gasteiger partial charge in [0.05, 0.1) is 0 Å². The third kappa shape index (κ3) is 146. The van der Waals surface area contributed by atoms with Gasteiger partial charge in [0.2, 0.25) is 0 Å². The molecule has 0 aliphatic heterocycles. The fourth-order valence-electron chi connectivity index (χ4n) is 0. The van der Waals surface area contributed by atoms with Gasteiger partial charge in [0.1, 0.15) is 0 Å². The van der Waals surface area contributed by atoms with E-state index in [0.717, 1.165) is 0 Å². The molecule has 0 N–H and O–H groups in total. The van der Waals surface area contributed by atoms with Crippen LogP contribution in [0.2, 0.25) is 0 Å². The Morgan fingerprint density at radius 3 is 0.118 bits per heavy atom. The van der Waals surface area contributed by atoms with Crippen molar-refractivity contribution in [3.8, 4) is 0 Å². The molecule has 0 aliphatic rings. The monoisotopic (exact) mass is 2790 g/mol. The largest absolute Gasteiger partial charge is 0.358 e. The van der Waals surface area contributed by atoms with Gasteiger partial charge in [-0.2, -0.15) is 0 Å². The third-order valence-corrected chi connectivity index (χ3v) is 0. The van der Waals surface area contributed by atoms with E-state index in [1.165, 1.54) is 0 Å². The molecule has 0 amide bonds. The van der Waals surface area contributed by atoms with Crippen molar-refractivity contribution < 1.29 is 316 Å². The molecule has 0 atom stereocenters. The molecule has 0 aromatic heterocycles. The maximum absolute atomic E-state index is 0. The standard InChI is InChI=1S/2CH3.15W/h2*1H3;;;;;;;;;;;;;;;/q2*-1;;;;;;;;;;;;;;;. The van der Waals surface area contributed by atoms with Crippen molar-refractivity contribution in [2.24, 2.45) is 0 Å². The van der Waals surface area contributed by atoms with Gasteiger partial charge in [0.25, 0.3) is 0 Å². The summed E-state index contributed by atoms with van der Waals surface area (Å²) in [6, 6.07) is 0. The molecule has 106 valence electrons. The first-order valence-corrected chi connectivity index (χ1v) is 0. The molecular weight excluding hydrogens is 2780 g/mol. The number of hydrogen-bond acceptors (Lipinski definition) is 0. The fourth-order valence-corrected chi connectivity index (χ4v) is 0. The first kappa shape index (κ1) is 178. The zero-order chi connectivity index (χ0) is 0. The van der Waals surface area contributed by atoms with Crippen LogP contribution < -0.4 is 0 Å². The molecule has 0 saturated carbocycles. The molecule has 0 bridgehead atoms. The maximum Gasteiger partial charge on any atom is 0 e. The normalized spacial score (nSPS) is 0. The second kappa shape index (κ2) is 158. The molecule has 0 saturated heterocycles. The van der Waals surface area contributed by atoms with Crippen LogP contribution in [0.5, 0.6) is 0 Å². The molecule has 17 heavy (non-hydrogen) atoms. The second-order valence-corrected chi connectivity index (χ2v) is 0. The van der Waals surface area contributed by atoms with E-state index in [0.29, 0.717) is 0 Å². The summed E-state index contributed by atoms with van der Waals surface area (Å²) in [6.07, 6.45) is 0. The van der Waals surface area contributed by atoms with E-state index in [2.05, 4.69) is 0 Å². The number of rotatable bonds is 0. The summed E-state index contributed by atoms with van der Waals surface area (Å²) in [7, 11) is 0. The fraction of sp³-hybridized carbons (Fsp3) is 0. The molecule has 0 aromatic carbocycles. The van der Waals surface area contributed by atoms with Gasteiger partial charge in [0, 0.05) is 316 Å². The first-order chi connectivity index (χ1) is 0. The summed E-state index contributed by atoms with van der Waals surface area (Å²) >= 11 is 0. The Bertz CT molecular complexity index is 8.88. The Balaban J connectivity index is 0. The predicted molar refractivity (Wildman–Crippen MR) is 12.8 cm³/mol. The Morgan fingerprint density at radius 2 is 0.118 bits per heavy atom. The van der Waals surface area contributed by atoms with Crippen molar-refractivity contribution >= 4 is 0 Å². The van der Waals surface area contributed by atoms with E-state index in [1.807, 2.05) is 0 Å². The molecule has 0 rings (SSSR count). The summed E-state index contributed by atoms with van der Waals surface area (Å²) in [5.74, 6) is 0. The molecule has 0 aliphatic carbocycles. The Morgan fingerprint density at radius 1 is 0.118 bits per heavy atom. The molecule has 0 aromatic rings. The van der Waals surface area contributed by atoms with Gasteiger partial charge < -0.3 is 14.9 Å².